The van der Waals surface area contributed by atoms with Gasteiger partial charge >= 0.3 is 0 Å². The Morgan fingerprint density at radius 3 is 2.48 bits per heavy atom. The number of alkyl halides is 1. The van der Waals surface area contributed by atoms with Gasteiger partial charge in [0.15, 0.2) is 0 Å². The van der Waals surface area contributed by atoms with E-state index in [-0.39, 0.29) is 23.1 Å². The molecule has 0 saturated carbocycles. The lowest BCUT2D eigenvalue weighted by Crippen LogP contribution is -2.12. The van der Waals surface area contributed by atoms with Crippen LogP contribution in [0.3, 0.4) is 0 Å². The molecular weight excluding hydrogens is 290 g/mol. The number of aromatic hydroxyl groups is 1. The molecule has 2 rings (SSSR count). The number of rotatable bonds is 4. The van der Waals surface area contributed by atoms with Crippen molar-refractivity contribution < 1.29 is 9.90 Å². The van der Waals surface area contributed by atoms with Crippen molar-refractivity contribution in [1.82, 2.24) is 0 Å². The third-order valence-electron chi connectivity index (χ3n) is 2.68. The quantitative estimate of drug-likeness (QED) is 0.461. The Kier molecular flexibility index (Phi) is 4.79. The molecule has 4 N–H and O–H groups in total. The number of carbonyl (C=O) groups is 1. The normalized spacial score (nSPS) is 11.2. The van der Waals surface area contributed by atoms with Gasteiger partial charge in [-0.3, -0.25) is 4.79 Å². The van der Waals surface area contributed by atoms with Crippen LogP contribution < -0.4 is 11.1 Å². The third kappa shape index (κ3) is 3.97. The number of phenolic OH excluding ortho intramolecular Hbond substituents is 1. The Morgan fingerprint density at radius 2 is 1.86 bits per heavy atom. The molecule has 0 aliphatic carbocycles. The predicted octanol–water partition coefficient (Wildman–Crippen LogP) is 2.87. The van der Waals surface area contributed by atoms with Gasteiger partial charge in [0.05, 0.1) is 17.1 Å². The zero-order valence-electron chi connectivity index (χ0n) is 11.1. The van der Waals surface area contributed by atoms with Crippen LogP contribution in [0.4, 0.5) is 11.4 Å². The fourth-order valence-corrected chi connectivity index (χ4v) is 1.74. The number of carbonyl (C=O) groups excluding carboxylic acids is 1. The summed E-state index contributed by atoms with van der Waals surface area (Å²) in [5.74, 6) is 0.0320. The van der Waals surface area contributed by atoms with Crippen LogP contribution in [0.5, 0.6) is 5.75 Å². The fourth-order valence-electron chi connectivity index (χ4n) is 1.68. The van der Waals surface area contributed by atoms with E-state index in [0.29, 0.717) is 17.2 Å². The van der Waals surface area contributed by atoms with Crippen LogP contribution in [-0.4, -0.2) is 22.7 Å². The van der Waals surface area contributed by atoms with Gasteiger partial charge in [-0.1, -0.05) is 12.1 Å². The summed E-state index contributed by atoms with van der Waals surface area (Å²) in [5.41, 5.74) is 6.99. The SMILES string of the molecule is NC(CCl)=Nc1ccc(NC(=O)c2ccccc2O)cc1. The number of hydrogen-bond acceptors (Lipinski definition) is 3. The number of hydrogen-bond donors (Lipinski definition) is 3. The molecule has 2 aromatic rings. The first-order valence-corrected chi connectivity index (χ1v) is 6.72. The van der Waals surface area contributed by atoms with Gasteiger partial charge in [0, 0.05) is 5.69 Å². The van der Waals surface area contributed by atoms with Gasteiger partial charge in [0.1, 0.15) is 11.6 Å². The largest absolute Gasteiger partial charge is 0.507 e. The lowest BCUT2D eigenvalue weighted by molar-refractivity contribution is 0.102. The standard InChI is InChI=1S/C15H14ClN3O2/c16-9-14(17)18-10-5-7-11(8-6-10)19-15(21)12-3-1-2-4-13(12)20/h1-8,20H,9H2,(H2,17,18)(H,19,21). The molecule has 0 fully saturated rings. The lowest BCUT2D eigenvalue weighted by Gasteiger charge is -2.07. The molecule has 0 aliphatic rings. The molecule has 0 atom stereocenters. The van der Waals surface area contributed by atoms with Crippen LogP contribution in [0.15, 0.2) is 53.5 Å². The number of anilines is 1. The molecule has 1 amide bonds. The van der Waals surface area contributed by atoms with Crippen molar-refractivity contribution in [3.05, 3.63) is 54.1 Å². The maximum absolute atomic E-state index is 12.0. The van der Waals surface area contributed by atoms with Crippen LogP contribution in [0, 0.1) is 0 Å². The van der Waals surface area contributed by atoms with Gasteiger partial charge < -0.3 is 16.2 Å². The molecule has 0 heterocycles. The molecule has 6 heteroatoms. The van der Waals surface area contributed by atoms with Crippen molar-refractivity contribution in [2.24, 2.45) is 10.7 Å². The number of nitrogens with zero attached hydrogens (tertiary/aromatic N) is 1. The molecule has 0 unspecified atom stereocenters. The second kappa shape index (κ2) is 6.76. The summed E-state index contributed by atoms with van der Waals surface area (Å²) in [6.07, 6.45) is 0. The lowest BCUT2D eigenvalue weighted by atomic mass is 10.2. The minimum Gasteiger partial charge on any atom is -0.507 e. The van der Waals surface area contributed by atoms with Crippen LogP contribution in [0.25, 0.3) is 0 Å². The Morgan fingerprint density at radius 1 is 1.19 bits per heavy atom. The summed E-state index contributed by atoms with van der Waals surface area (Å²) < 4.78 is 0. The van der Waals surface area contributed by atoms with Crippen LogP contribution in [0.2, 0.25) is 0 Å². The van der Waals surface area contributed by atoms with Crippen LogP contribution in [0.1, 0.15) is 10.4 Å². The van der Waals surface area contributed by atoms with Crippen molar-refractivity contribution in [2.75, 3.05) is 11.2 Å². The molecule has 5 nitrogen and oxygen atoms in total. The Balaban J connectivity index is 2.10. The van der Waals surface area contributed by atoms with E-state index in [4.69, 9.17) is 17.3 Å². The van der Waals surface area contributed by atoms with E-state index in [0.717, 1.165) is 0 Å². The Labute approximate surface area is 127 Å². The first kappa shape index (κ1) is 14.9. The highest BCUT2D eigenvalue weighted by atomic mass is 35.5. The minimum absolute atomic E-state index is 0.0638. The summed E-state index contributed by atoms with van der Waals surface area (Å²) in [6, 6.07) is 13.1. The zero-order chi connectivity index (χ0) is 15.2. The Bertz CT molecular complexity index is 669. The Hall–Kier alpha value is -2.53. The molecule has 0 spiro atoms. The van der Waals surface area contributed by atoms with Crippen LogP contribution in [-0.2, 0) is 0 Å². The second-order valence-corrected chi connectivity index (χ2v) is 4.52. The maximum Gasteiger partial charge on any atom is 0.259 e. The van der Waals surface area contributed by atoms with Gasteiger partial charge in [0.25, 0.3) is 5.91 Å². The molecular formula is C15H14ClN3O2. The number of nitrogens with one attached hydrogen (secondary N) is 1. The molecule has 0 radical (unpaired) electrons. The second-order valence-electron chi connectivity index (χ2n) is 4.25. The molecule has 0 bridgehead atoms. The summed E-state index contributed by atoms with van der Waals surface area (Å²) in [7, 11) is 0. The summed E-state index contributed by atoms with van der Waals surface area (Å²) >= 11 is 5.55. The van der Waals surface area contributed by atoms with E-state index in [9.17, 15) is 9.90 Å². The predicted molar refractivity (Wildman–Crippen MR) is 84.5 cm³/mol. The highest BCUT2D eigenvalue weighted by Crippen LogP contribution is 2.20. The van der Waals surface area contributed by atoms with Gasteiger partial charge in [-0.25, -0.2) is 4.99 Å². The van der Waals surface area contributed by atoms with Gasteiger partial charge in [-0.15, -0.1) is 11.6 Å². The van der Waals surface area contributed by atoms with Gasteiger partial charge in [0.2, 0.25) is 0 Å². The van der Waals surface area contributed by atoms with Crippen LogP contribution >= 0.6 is 11.6 Å². The third-order valence-corrected chi connectivity index (χ3v) is 2.96. The summed E-state index contributed by atoms with van der Waals surface area (Å²) in [4.78, 5) is 16.1. The van der Waals surface area contributed by atoms with Crippen molar-refractivity contribution >= 4 is 34.7 Å². The van der Waals surface area contributed by atoms with E-state index >= 15 is 0 Å². The van der Waals surface area contributed by atoms with Crippen molar-refractivity contribution in [3.63, 3.8) is 0 Å². The topological polar surface area (TPSA) is 87.7 Å². The molecule has 0 aromatic heterocycles. The average Bonchev–Trinajstić information content (AvgIpc) is 2.49. The number of amidine groups is 1. The molecule has 108 valence electrons. The maximum atomic E-state index is 12.0. The number of amides is 1. The number of halogens is 1. The molecule has 2 aromatic carbocycles. The zero-order valence-corrected chi connectivity index (χ0v) is 11.8. The minimum atomic E-state index is -0.385. The highest BCUT2D eigenvalue weighted by molar-refractivity contribution is 6.28. The fraction of sp³-hybridized carbons (Fsp3) is 0.0667. The number of benzene rings is 2. The van der Waals surface area contributed by atoms with Crippen molar-refractivity contribution in [2.45, 2.75) is 0 Å². The van der Waals surface area contributed by atoms with Crippen molar-refractivity contribution in [3.8, 4) is 5.75 Å². The first-order chi connectivity index (χ1) is 10.1. The van der Waals surface area contributed by atoms with E-state index < -0.39 is 0 Å². The number of nitrogens with two attached hydrogens (primary N) is 1. The average molecular weight is 304 g/mol. The van der Waals surface area contributed by atoms with E-state index in [1.165, 1.54) is 6.07 Å². The van der Waals surface area contributed by atoms with Gasteiger partial charge in [-0.05, 0) is 36.4 Å². The number of para-hydroxylation sites is 1. The smallest absolute Gasteiger partial charge is 0.259 e. The number of phenols is 1. The van der Waals surface area contributed by atoms with E-state index in [1.54, 1.807) is 42.5 Å². The molecule has 21 heavy (non-hydrogen) atoms. The number of aliphatic imine (C=N–C) groups is 1. The monoisotopic (exact) mass is 303 g/mol. The summed E-state index contributed by atoms with van der Waals surface area (Å²) in [5, 5.41) is 12.3. The molecule has 0 aliphatic heterocycles. The molecule has 0 saturated heterocycles. The van der Waals surface area contributed by atoms with E-state index in [2.05, 4.69) is 10.3 Å². The van der Waals surface area contributed by atoms with Gasteiger partial charge in [-0.2, -0.15) is 0 Å². The summed E-state index contributed by atoms with van der Waals surface area (Å²) in [6.45, 7) is 0. The van der Waals surface area contributed by atoms with Crippen molar-refractivity contribution in [1.29, 1.82) is 0 Å². The highest BCUT2D eigenvalue weighted by Gasteiger charge is 2.10. The first-order valence-electron chi connectivity index (χ1n) is 6.18. The van der Waals surface area contributed by atoms with E-state index in [1.807, 2.05) is 0 Å².